The summed E-state index contributed by atoms with van der Waals surface area (Å²) in [5, 5.41) is 38.5. The number of allylic oxidation sites excluding steroid dienone is 6. The van der Waals surface area contributed by atoms with Crippen LogP contribution >= 0.6 is 0 Å². The Morgan fingerprint density at radius 3 is 2.25 bits per heavy atom. The average Bonchev–Trinajstić information content (AvgIpc) is 2.81. The average molecular weight is 503 g/mol. The van der Waals surface area contributed by atoms with Crippen molar-refractivity contribution in [3.05, 3.63) is 69.8 Å². The van der Waals surface area contributed by atoms with Crippen LogP contribution < -0.4 is 4.74 Å². The summed E-state index contributed by atoms with van der Waals surface area (Å²) >= 11 is 0. The van der Waals surface area contributed by atoms with Crippen molar-refractivity contribution in [2.75, 3.05) is 7.11 Å². The Bertz CT molecular complexity index is 1100. The molecular formula is C27H34O9. The van der Waals surface area contributed by atoms with Gasteiger partial charge in [-0.15, -0.1) is 0 Å². The zero-order valence-corrected chi connectivity index (χ0v) is 21.3. The number of carboxylic acids is 1. The zero-order valence-electron chi connectivity index (χ0n) is 21.3. The van der Waals surface area contributed by atoms with E-state index in [9.17, 15) is 24.9 Å². The van der Waals surface area contributed by atoms with Crippen molar-refractivity contribution in [1.29, 1.82) is 0 Å². The summed E-state index contributed by atoms with van der Waals surface area (Å²) in [5.41, 5.74) is 5.96. The molecule has 0 aliphatic carbocycles. The number of hydrogen-bond donors (Lipinski definition) is 4. The number of aliphatic hydroxyl groups excluding tert-OH is 3. The Balaban J connectivity index is 2.03. The van der Waals surface area contributed by atoms with Crippen LogP contribution in [0, 0.1) is 20.8 Å². The first-order valence-electron chi connectivity index (χ1n) is 11.4. The second-order valence-corrected chi connectivity index (χ2v) is 8.72. The van der Waals surface area contributed by atoms with E-state index >= 15 is 0 Å². The number of esters is 1. The molecule has 9 heteroatoms. The Morgan fingerprint density at radius 1 is 0.972 bits per heavy atom. The lowest BCUT2D eigenvalue weighted by molar-refractivity contribution is -0.284. The van der Waals surface area contributed by atoms with Crippen molar-refractivity contribution in [3.8, 4) is 5.75 Å². The summed E-state index contributed by atoms with van der Waals surface area (Å²) in [6, 6.07) is 2.01. The third-order valence-corrected chi connectivity index (χ3v) is 5.95. The van der Waals surface area contributed by atoms with Crippen LogP contribution in [0.25, 0.3) is 6.08 Å². The van der Waals surface area contributed by atoms with Gasteiger partial charge < -0.3 is 34.6 Å². The first-order chi connectivity index (χ1) is 16.9. The molecule has 36 heavy (non-hydrogen) atoms. The molecular weight excluding hydrogens is 468 g/mol. The summed E-state index contributed by atoms with van der Waals surface area (Å²) in [6.45, 7) is 9.70. The fourth-order valence-corrected chi connectivity index (χ4v) is 3.69. The summed E-state index contributed by atoms with van der Waals surface area (Å²) < 4.78 is 15.3. The lowest BCUT2D eigenvalue weighted by Gasteiger charge is -2.37. The Hall–Kier alpha value is -3.24. The third-order valence-electron chi connectivity index (χ3n) is 5.95. The van der Waals surface area contributed by atoms with Gasteiger partial charge >= 0.3 is 11.9 Å². The van der Waals surface area contributed by atoms with Crippen molar-refractivity contribution in [1.82, 2.24) is 0 Å². The van der Waals surface area contributed by atoms with Gasteiger partial charge in [0.2, 0.25) is 6.29 Å². The molecule has 0 saturated carbocycles. The minimum Gasteiger partial charge on any atom is -0.496 e. The quantitative estimate of drug-likeness (QED) is 0.240. The molecule has 1 aliphatic heterocycles. The standard InChI is InChI=1S/C27H34O9/c1-14(10-11-19-16(3)13-20(34-6)18(5)17(19)4)8-7-9-15(2)12-21(28)35-27-24(31)22(29)23(30)25(36-27)26(32)33/h7-13,22-25,27,29-31H,1-6H3,(H,32,33)/b9-7+,11-10+,14-8+,15-12-/t22-,23+,24-,25+,27-/m1/s1. The number of carbonyl (C=O) groups is 2. The highest BCUT2D eigenvalue weighted by molar-refractivity contribution is 5.83. The van der Waals surface area contributed by atoms with Gasteiger partial charge in [-0.25, -0.2) is 9.59 Å². The maximum Gasteiger partial charge on any atom is 0.335 e. The second-order valence-electron chi connectivity index (χ2n) is 8.72. The Morgan fingerprint density at radius 2 is 1.64 bits per heavy atom. The van der Waals surface area contributed by atoms with Gasteiger partial charge in [0, 0.05) is 6.08 Å². The highest BCUT2D eigenvalue weighted by Crippen LogP contribution is 2.28. The molecule has 0 spiro atoms. The van der Waals surface area contributed by atoms with Crippen LogP contribution in [0.15, 0.2) is 47.6 Å². The molecule has 0 radical (unpaired) electrons. The molecule has 0 unspecified atom stereocenters. The summed E-state index contributed by atoms with van der Waals surface area (Å²) in [6.07, 6.45) is 1.34. The first kappa shape index (κ1) is 29.0. The van der Waals surface area contributed by atoms with Gasteiger partial charge in [0.05, 0.1) is 7.11 Å². The van der Waals surface area contributed by atoms with E-state index in [1.807, 2.05) is 45.1 Å². The van der Waals surface area contributed by atoms with Gasteiger partial charge in [0.25, 0.3) is 0 Å². The highest BCUT2D eigenvalue weighted by Gasteiger charge is 2.48. The van der Waals surface area contributed by atoms with Crippen molar-refractivity contribution >= 4 is 18.0 Å². The highest BCUT2D eigenvalue weighted by atomic mass is 16.7. The van der Waals surface area contributed by atoms with E-state index in [4.69, 9.17) is 19.3 Å². The van der Waals surface area contributed by atoms with Crippen LogP contribution in [-0.4, -0.2) is 70.2 Å². The minimum atomic E-state index is -1.86. The van der Waals surface area contributed by atoms with Crippen molar-refractivity contribution in [2.45, 2.75) is 65.3 Å². The van der Waals surface area contributed by atoms with Crippen LogP contribution in [0.2, 0.25) is 0 Å². The van der Waals surface area contributed by atoms with Crippen LogP contribution in [-0.2, 0) is 19.1 Å². The molecule has 1 aliphatic rings. The van der Waals surface area contributed by atoms with Gasteiger partial charge in [0.1, 0.15) is 24.1 Å². The molecule has 0 aromatic heterocycles. The van der Waals surface area contributed by atoms with Gasteiger partial charge in [-0.2, -0.15) is 0 Å². The first-order valence-corrected chi connectivity index (χ1v) is 11.4. The fraction of sp³-hybridized carbons (Fsp3) is 0.407. The van der Waals surface area contributed by atoms with E-state index in [0.717, 1.165) is 39.7 Å². The van der Waals surface area contributed by atoms with Crippen LogP contribution in [0.5, 0.6) is 5.75 Å². The molecule has 0 bridgehead atoms. The molecule has 4 N–H and O–H groups in total. The van der Waals surface area contributed by atoms with Crippen LogP contribution in [0.1, 0.15) is 36.1 Å². The summed E-state index contributed by atoms with van der Waals surface area (Å²) in [7, 11) is 1.66. The van der Waals surface area contributed by atoms with E-state index < -0.39 is 42.6 Å². The van der Waals surface area contributed by atoms with Crippen molar-refractivity contribution in [3.63, 3.8) is 0 Å². The maximum absolute atomic E-state index is 12.2. The second kappa shape index (κ2) is 12.6. The molecule has 1 aromatic rings. The maximum atomic E-state index is 12.2. The molecule has 0 amide bonds. The fourth-order valence-electron chi connectivity index (χ4n) is 3.69. The van der Waals surface area contributed by atoms with Crippen molar-refractivity contribution < 1.29 is 44.2 Å². The van der Waals surface area contributed by atoms with E-state index in [2.05, 4.69) is 6.92 Å². The van der Waals surface area contributed by atoms with Crippen LogP contribution in [0.3, 0.4) is 0 Å². The third kappa shape index (κ3) is 7.14. The smallest absolute Gasteiger partial charge is 0.335 e. The SMILES string of the molecule is COc1cc(C)c(/C=C/C(C)=C/C=C/C(C)=C\C(=O)O[C@@H]2O[C@H](C(=O)O)[C@@H](O)[C@@H](O)[C@H]2O)c(C)c1C. The predicted octanol–water partition coefficient (Wildman–Crippen LogP) is 2.52. The minimum absolute atomic E-state index is 0.520. The molecule has 5 atom stereocenters. The van der Waals surface area contributed by atoms with Gasteiger partial charge in [-0.05, 0) is 68.5 Å². The van der Waals surface area contributed by atoms with Crippen LogP contribution in [0.4, 0.5) is 0 Å². The number of methoxy groups -OCH3 is 1. The Kier molecular flexibility index (Phi) is 10.2. The van der Waals surface area contributed by atoms with Crippen molar-refractivity contribution in [2.24, 2.45) is 0 Å². The number of aliphatic carboxylic acids is 1. The topological polar surface area (TPSA) is 143 Å². The van der Waals surface area contributed by atoms with E-state index in [0.29, 0.717) is 5.57 Å². The van der Waals surface area contributed by atoms with Gasteiger partial charge in [-0.3, -0.25) is 0 Å². The molecule has 2 rings (SSSR count). The number of aliphatic hydroxyl groups is 3. The van der Waals surface area contributed by atoms with E-state index in [1.54, 1.807) is 26.2 Å². The number of carbonyl (C=O) groups excluding carboxylic acids is 1. The number of carboxylic acid groups (broad SMARTS) is 1. The Labute approximate surface area is 210 Å². The molecule has 1 fully saturated rings. The number of aryl methyl sites for hydroxylation is 1. The lowest BCUT2D eigenvalue weighted by Crippen LogP contribution is -2.60. The van der Waals surface area contributed by atoms with E-state index in [-0.39, 0.29) is 0 Å². The lowest BCUT2D eigenvalue weighted by atomic mass is 9.96. The molecule has 1 heterocycles. The molecule has 1 aromatic carbocycles. The van der Waals surface area contributed by atoms with Gasteiger partial charge in [-0.1, -0.05) is 36.0 Å². The molecule has 196 valence electrons. The summed E-state index contributed by atoms with van der Waals surface area (Å²) in [5.74, 6) is -1.61. The normalized spacial score (nSPS) is 25.4. The zero-order chi connectivity index (χ0) is 27.2. The monoisotopic (exact) mass is 502 g/mol. The number of rotatable bonds is 8. The van der Waals surface area contributed by atoms with E-state index in [1.165, 1.54) is 0 Å². The predicted molar refractivity (Wildman–Crippen MR) is 133 cm³/mol. The van der Waals surface area contributed by atoms with Gasteiger partial charge in [0.15, 0.2) is 6.10 Å². The number of hydrogen-bond acceptors (Lipinski definition) is 8. The summed E-state index contributed by atoms with van der Waals surface area (Å²) in [4.78, 5) is 23.3. The number of benzene rings is 1. The largest absolute Gasteiger partial charge is 0.496 e. The molecule has 1 saturated heterocycles. The number of ether oxygens (including phenoxy) is 3. The molecule has 9 nitrogen and oxygen atoms in total.